The van der Waals surface area contributed by atoms with Crippen molar-refractivity contribution in [2.24, 2.45) is 0 Å². The number of phenolic OH excluding ortho intramolecular Hbond substituents is 1. The van der Waals surface area contributed by atoms with E-state index in [4.69, 9.17) is 4.74 Å². The van der Waals surface area contributed by atoms with E-state index in [-0.39, 0.29) is 5.75 Å². The molecule has 1 N–H and O–H groups in total. The van der Waals surface area contributed by atoms with Crippen LogP contribution in [0.25, 0.3) is 5.69 Å². The van der Waals surface area contributed by atoms with E-state index < -0.39 is 0 Å². The average molecular weight is 301 g/mol. The number of phenols is 1. The molecule has 3 rings (SSSR count). The van der Waals surface area contributed by atoms with Crippen LogP contribution < -0.4 is 4.74 Å². The maximum atomic E-state index is 9.33. The quantitative estimate of drug-likeness (QED) is 0.787. The smallest absolute Gasteiger partial charge is 0.220 e. The van der Waals surface area contributed by atoms with E-state index in [1.54, 1.807) is 42.1 Å². The van der Waals surface area contributed by atoms with Crippen molar-refractivity contribution in [3.05, 3.63) is 42.5 Å². The molecule has 2 aromatic heterocycles. The van der Waals surface area contributed by atoms with Crippen molar-refractivity contribution in [3.63, 3.8) is 0 Å². The van der Waals surface area contributed by atoms with Gasteiger partial charge in [0.25, 0.3) is 0 Å². The van der Waals surface area contributed by atoms with Crippen molar-refractivity contribution in [1.29, 1.82) is 0 Å². The highest BCUT2D eigenvalue weighted by Gasteiger charge is 2.11. The molecule has 0 amide bonds. The molecular weight excluding hydrogens is 290 g/mol. The van der Waals surface area contributed by atoms with Gasteiger partial charge < -0.3 is 9.84 Å². The fourth-order valence-electron chi connectivity index (χ4n) is 1.66. The van der Waals surface area contributed by atoms with E-state index in [9.17, 15) is 5.11 Å². The minimum absolute atomic E-state index is 0.190. The third-order valence-corrected chi connectivity index (χ3v) is 3.51. The molecule has 0 aliphatic heterocycles. The molecule has 21 heavy (non-hydrogen) atoms. The largest absolute Gasteiger partial charge is 0.508 e. The van der Waals surface area contributed by atoms with Gasteiger partial charge in [-0.2, -0.15) is 4.68 Å². The summed E-state index contributed by atoms with van der Waals surface area (Å²) in [5.41, 5.74) is 0.753. The molecule has 0 fully saturated rings. The van der Waals surface area contributed by atoms with Crippen LogP contribution in [-0.4, -0.2) is 37.4 Å². The van der Waals surface area contributed by atoms with Crippen molar-refractivity contribution in [2.75, 3.05) is 7.11 Å². The summed E-state index contributed by atoms with van der Waals surface area (Å²) >= 11 is 1.32. The van der Waals surface area contributed by atoms with Crippen LogP contribution in [-0.2, 0) is 0 Å². The monoisotopic (exact) mass is 301 g/mol. The molecule has 1 aromatic carbocycles. The highest BCUT2D eigenvalue weighted by molar-refractivity contribution is 7.99. The number of nitrogens with zero attached hydrogens (tertiary/aromatic N) is 5. The molecule has 0 unspecified atom stereocenters. The number of hydrogen-bond acceptors (Lipinski definition) is 7. The predicted molar refractivity (Wildman–Crippen MR) is 75.7 cm³/mol. The summed E-state index contributed by atoms with van der Waals surface area (Å²) < 4.78 is 6.67. The summed E-state index contributed by atoms with van der Waals surface area (Å²) in [5.74, 6) is 0.721. The van der Waals surface area contributed by atoms with Gasteiger partial charge >= 0.3 is 0 Å². The lowest BCUT2D eigenvalue weighted by atomic mass is 10.3. The zero-order valence-corrected chi connectivity index (χ0v) is 11.9. The number of methoxy groups -OCH3 is 1. The van der Waals surface area contributed by atoms with Gasteiger partial charge in [0, 0.05) is 6.07 Å². The van der Waals surface area contributed by atoms with Crippen LogP contribution in [0.2, 0.25) is 0 Å². The van der Waals surface area contributed by atoms with Crippen LogP contribution in [0.5, 0.6) is 11.6 Å². The SMILES string of the molecule is COc1cccc(Sc2nnnn2-c2ccc(O)cc2)n1. The lowest BCUT2D eigenvalue weighted by Crippen LogP contribution is -1.98. The van der Waals surface area contributed by atoms with E-state index in [1.165, 1.54) is 11.8 Å². The molecule has 106 valence electrons. The molecule has 3 aromatic rings. The molecule has 0 bridgehead atoms. The molecule has 0 atom stereocenters. The first-order chi connectivity index (χ1) is 10.3. The summed E-state index contributed by atoms with van der Waals surface area (Å²) in [6.45, 7) is 0. The number of aromatic nitrogens is 5. The van der Waals surface area contributed by atoms with Crippen molar-refractivity contribution in [3.8, 4) is 17.3 Å². The topological polar surface area (TPSA) is 86.0 Å². The van der Waals surface area contributed by atoms with E-state index in [2.05, 4.69) is 20.5 Å². The zero-order valence-electron chi connectivity index (χ0n) is 11.0. The number of ether oxygens (including phenoxy) is 1. The Kier molecular flexibility index (Phi) is 3.69. The fraction of sp³-hybridized carbons (Fsp3) is 0.0769. The summed E-state index contributed by atoms with van der Waals surface area (Å²) in [7, 11) is 1.57. The van der Waals surface area contributed by atoms with Gasteiger partial charge in [-0.3, -0.25) is 0 Å². The molecule has 0 aliphatic rings. The van der Waals surface area contributed by atoms with Crippen molar-refractivity contribution < 1.29 is 9.84 Å². The Morgan fingerprint density at radius 1 is 1.14 bits per heavy atom. The Bertz CT molecular complexity index is 744. The number of pyridine rings is 1. The van der Waals surface area contributed by atoms with Gasteiger partial charge in [-0.05, 0) is 52.5 Å². The van der Waals surface area contributed by atoms with Crippen LogP contribution in [0.15, 0.2) is 52.6 Å². The first-order valence-corrected chi connectivity index (χ1v) is 6.84. The summed E-state index contributed by atoms with van der Waals surface area (Å²) in [6, 6.07) is 12.1. The van der Waals surface area contributed by atoms with Gasteiger partial charge in [-0.25, -0.2) is 4.98 Å². The molecule has 0 saturated carbocycles. The third kappa shape index (κ3) is 2.95. The van der Waals surface area contributed by atoms with Crippen LogP contribution in [0.4, 0.5) is 0 Å². The highest BCUT2D eigenvalue weighted by atomic mass is 32.2. The maximum absolute atomic E-state index is 9.33. The Hall–Kier alpha value is -2.61. The van der Waals surface area contributed by atoms with Gasteiger partial charge in [0.2, 0.25) is 11.0 Å². The van der Waals surface area contributed by atoms with Crippen LogP contribution in [0, 0.1) is 0 Å². The lowest BCUT2D eigenvalue weighted by Gasteiger charge is -2.05. The Morgan fingerprint density at radius 3 is 2.71 bits per heavy atom. The first kappa shape index (κ1) is 13.4. The molecule has 0 radical (unpaired) electrons. The van der Waals surface area contributed by atoms with Crippen molar-refractivity contribution in [1.82, 2.24) is 25.2 Å². The van der Waals surface area contributed by atoms with Crippen LogP contribution in [0.3, 0.4) is 0 Å². The van der Waals surface area contributed by atoms with Gasteiger partial charge in [-0.15, -0.1) is 5.10 Å². The van der Waals surface area contributed by atoms with Crippen molar-refractivity contribution >= 4 is 11.8 Å². The molecule has 0 spiro atoms. The average Bonchev–Trinajstić information content (AvgIpc) is 2.96. The van der Waals surface area contributed by atoms with Crippen molar-refractivity contribution in [2.45, 2.75) is 10.2 Å². The number of benzene rings is 1. The van der Waals surface area contributed by atoms with Gasteiger partial charge in [0.1, 0.15) is 10.8 Å². The summed E-state index contributed by atoms with van der Waals surface area (Å²) in [5, 5.41) is 22.2. The van der Waals surface area contributed by atoms with Crippen LogP contribution in [0.1, 0.15) is 0 Å². The molecule has 0 aliphatic carbocycles. The normalized spacial score (nSPS) is 10.5. The molecule has 8 heteroatoms. The minimum Gasteiger partial charge on any atom is -0.508 e. The van der Waals surface area contributed by atoms with E-state index >= 15 is 0 Å². The second-order valence-electron chi connectivity index (χ2n) is 4.01. The first-order valence-electron chi connectivity index (χ1n) is 6.03. The lowest BCUT2D eigenvalue weighted by molar-refractivity contribution is 0.394. The zero-order chi connectivity index (χ0) is 14.7. The Balaban J connectivity index is 1.90. The number of aromatic hydroxyl groups is 1. The third-order valence-electron chi connectivity index (χ3n) is 2.64. The van der Waals surface area contributed by atoms with E-state index in [0.29, 0.717) is 11.0 Å². The van der Waals surface area contributed by atoms with Gasteiger partial charge in [-0.1, -0.05) is 6.07 Å². The Labute approximate surface area is 124 Å². The van der Waals surface area contributed by atoms with E-state index in [0.717, 1.165) is 10.7 Å². The standard InChI is InChI=1S/C13H11N5O2S/c1-20-11-3-2-4-12(14-11)21-13-15-16-17-18(13)9-5-7-10(19)8-6-9/h2-8,19H,1H3. The minimum atomic E-state index is 0.190. The number of rotatable bonds is 4. The second-order valence-corrected chi connectivity index (χ2v) is 5.00. The molecule has 7 nitrogen and oxygen atoms in total. The van der Waals surface area contributed by atoms with Gasteiger partial charge in [0.05, 0.1) is 12.8 Å². The predicted octanol–water partition coefficient (Wildman–Crippen LogP) is 1.92. The Morgan fingerprint density at radius 2 is 1.95 bits per heavy atom. The van der Waals surface area contributed by atoms with E-state index in [1.807, 2.05) is 12.1 Å². The number of tetrazole rings is 1. The summed E-state index contributed by atoms with van der Waals surface area (Å²) in [4.78, 5) is 4.31. The molecule has 2 heterocycles. The fourth-order valence-corrected chi connectivity index (χ4v) is 2.43. The highest BCUT2D eigenvalue weighted by Crippen LogP contribution is 2.27. The van der Waals surface area contributed by atoms with Crippen LogP contribution >= 0.6 is 11.8 Å². The van der Waals surface area contributed by atoms with Gasteiger partial charge in [0.15, 0.2) is 0 Å². The maximum Gasteiger partial charge on any atom is 0.220 e. The summed E-state index contributed by atoms with van der Waals surface area (Å²) in [6.07, 6.45) is 0. The molecule has 0 saturated heterocycles. The molecular formula is C13H11N5O2S. The number of hydrogen-bond donors (Lipinski definition) is 1. The second kappa shape index (κ2) is 5.80.